The summed E-state index contributed by atoms with van der Waals surface area (Å²) >= 11 is 12.1. The van der Waals surface area contributed by atoms with Crippen molar-refractivity contribution in [2.24, 2.45) is 0 Å². The number of ketones is 1. The summed E-state index contributed by atoms with van der Waals surface area (Å²) in [5, 5.41) is 20.9. The molecule has 38 heavy (non-hydrogen) atoms. The van der Waals surface area contributed by atoms with Crippen molar-refractivity contribution in [3.05, 3.63) is 93.5 Å². The predicted molar refractivity (Wildman–Crippen MR) is 153 cm³/mol. The first-order valence-corrected chi connectivity index (χ1v) is 13.1. The zero-order chi connectivity index (χ0) is 27.1. The molecule has 1 aliphatic heterocycles. The predicted octanol–water partition coefficient (Wildman–Crippen LogP) is 5.82. The molecule has 0 amide bonds. The van der Waals surface area contributed by atoms with Gasteiger partial charge in [-0.15, -0.1) is 0 Å². The number of ether oxygens (including phenoxy) is 1. The molecule has 1 fully saturated rings. The highest BCUT2D eigenvalue weighted by atomic mass is 35.5. The average molecular weight is 550 g/mol. The van der Waals surface area contributed by atoms with Crippen molar-refractivity contribution < 1.29 is 14.6 Å². The summed E-state index contributed by atoms with van der Waals surface area (Å²) in [4.78, 5) is 16.0. The number of nitrogens with zero attached hydrogens (tertiary/aromatic N) is 3. The third-order valence-electron chi connectivity index (χ3n) is 6.46. The van der Waals surface area contributed by atoms with E-state index in [0.29, 0.717) is 33.5 Å². The van der Waals surface area contributed by atoms with Crippen LogP contribution < -0.4 is 9.64 Å². The van der Waals surface area contributed by atoms with E-state index in [4.69, 9.17) is 27.9 Å². The maximum absolute atomic E-state index is 11.5. The molecule has 0 spiro atoms. The number of aliphatic hydroxyl groups excluding tert-OH is 1. The van der Waals surface area contributed by atoms with Gasteiger partial charge in [-0.2, -0.15) is 5.26 Å². The second-order valence-corrected chi connectivity index (χ2v) is 10.0. The number of carbonyl (C=O) groups excluding carboxylic acids is 1. The molecule has 8 heteroatoms. The number of carbonyl (C=O) groups is 1. The summed E-state index contributed by atoms with van der Waals surface area (Å²) in [6, 6.07) is 22.4. The van der Waals surface area contributed by atoms with Gasteiger partial charge in [0.2, 0.25) is 0 Å². The Morgan fingerprint density at radius 2 is 1.66 bits per heavy atom. The summed E-state index contributed by atoms with van der Waals surface area (Å²) in [6.45, 7) is 5.69. The molecule has 0 aliphatic carbocycles. The first-order valence-electron chi connectivity index (χ1n) is 12.4. The molecule has 3 aromatic rings. The summed E-state index contributed by atoms with van der Waals surface area (Å²) in [5.41, 5.74) is 3.83. The van der Waals surface area contributed by atoms with Crippen LogP contribution in [0.15, 0.2) is 66.7 Å². The van der Waals surface area contributed by atoms with Crippen LogP contribution in [0.25, 0.3) is 11.6 Å². The lowest BCUT2D eigenvalue weighted by molar-refractivity contribution is 0.0663. The summed E-state index contributed by atoms with van der Waals surface area (Å²) in [7, 11) is 0. The van der Waals surface area contributed by atoms with Gasteiger partial charge in [-0.25, -0.2) is 0 Å². The molecule has 3 aromatic carbocycles. The van der Waals surface area contributed by atoms with Gasteiger partial charge in [-0.1, -0.05) is 41.4 Å². The normalized spacial score (nSPS) is 15.1. The lowest BCUT2D eigenvalue weighted by Gasteiger charge is -2.36. The fraction of sp³-hybridized carbons (Fsp3) is 0.267. The number of aliphatic hydroxyl groups is 1. The van der Waals surface area contributed by atoms with E-state index in [-0.39, 0.29) is 12.4 Å². The molecule has 0 radical (unpaired) electrons. The number of β-amino-alcohol motifs (C(OH)–C–C–N with tert-alkyl or cyclic N) is 1. The molecule has 1 N–H and O–H groups in total. The number of nitriles is 1. The van der Waals surface area contributed by atoms with E-state index in [9.17, 15) is 15.2 Å². The van der Waals surface area contributed by atoms with Gasteiger partial charge < -0.3 is 14.7 Å². The van der Waals surface area contributed by atoms with Gasteiger partial charge in [0.05, 0.1) is 21.7 Å². The molecule has 1 heterocycles. The zero-order valence-corrected chi connectivity index (χ0v) is 22.6. The Morgan fingerprint density at radius 3 is 2.26 bits per heavy atom. The third-order valence-corrected chi connectivity index (χ3v) is 7.20. The van der Waals surface area contributed by atoms with Crippen molar-refractivity contribution in [3.8, 4) is 11.8 Å². The Morgan fingerprint density at radius 1 is 1.00 bits per heavy atom. The second kappa shape index (κ2) is 12.9. The zero-order valence-electron chi connectivity index (χ0n) is 21.1. The minimum atomic E-state index is -0.615. The molecule has 0 aromatic heterocycles. The molecular weight excluding hydrogens is 521 g/mol. The fourth-order valence-electron chi connectivity index (χ4n) is 4.31. The van der Waals surface area contributed by atoms with Gasteiger partial charge in [-0.05, 0) is 72.7 Å². The Hall–Kier alpha value is -3.34. The van der Waals surface area contributed by atoms with Crippen LogP contribution in [0.1, 0.15) is 28.4 Å². The number of piperazine rings is 1. The number of rotatable bonds is 9. The Kier molecular flexibility index (Phi) is 9.43. The minimum absolute atomic E-state index is 0.0680. The highest BCUT2D eigenvalue weighted by Gasteiger charge is 2.20. The van der Waals surface area contributed by atoms with Crippen molar-refractivity contribution >= 4 is 46.3 Å². The van der Waals surface area contributed by atoms with Crippen LogP contribution in [0.4, 0.5) is 5.69 Å². The Bertz CT molecular complexity index is 1330. The SMILES string of the molecule is CC(=O)c1ccc(N2CCN(CC(O)COc3ccc(/C=C(\C#N)c4ccc(Cl)c(Cl)c4)cc3)CC2)cc1. The van der Waals surface area contributed by atoms with Crippen LogP contribution >= 0.6 is 23.2 Å². The number of hydrogen-bond acceptors (Lipinski definition) is 6. The van der Waals surface area contributed by atoms with Gasteiger partial charge in [0, 0.05) is 44.0 Å². The van der Waals surface area contributed by atoms with Crippen LogP contribution in [0.5, 0.6) is 5.75 Å². The van der Waals surface area contributed by atoms with E-state index in [2.05, 4.69) is 15.9 Å². The number of halogens is 2. The first-order chi connectivity index (χ1) is 18.3. The maximum atomic E-state index is 11.5. The number of allylic oxidation sites excluding steroid dienone is 1. The van der Waals surface area contributed by atoms with Gasteiger partial charge in [0.25, 0.3) is 0 Å². The highest BCUT2D eigenvalue weighted by molar-refractivity contribution is 6.42. The molecule has 0 bridgehead atoms. The fourth-order valence-corrected chi connectivity index (χ4v) is 4.61. The van der Waals surface area contributed by atoms with Crippen molar-refractivity contribution in [2.75, 3.05) is 44.2 Å². The van der Waals surface area contributed by atoms with Crippen molar-refractivity contribution in [2.45, 2.75) is 13.0 Å². The Labute approximate surface area is 233 Å². The largest absolute Gasteiger partial charge is 0.491 e. The van der Waals surface area contributed by atoms with E-state index < -0.39 is 6.10 Å². The van der Waals surface area contributed by atoms with E-state index >= 15 is 0 Å². The van der Waals surface area contributed by atoms with Gasteiger partial charge in [-0.3, -0.25) is 9.69 Å². The minimum Gasteiger partial charge on any atom is -0.491 e. The molecule has 6 nitrogen and oxygen atoms in total. The molecule has 1 atom stereocenters. The third kappa shape index (κ3) is 7.37. The van der Waals surface area contributed by atoms with Crippen molar-refractivity contribution in [3.63, 3.8) is 0 Å². The van der Waals surface area contributed by atoms with Gasteiger partial charge in [0.15, 0.2) is 5.78 Å². The Balaban J connectivity index is 1.24. The van der Waals surface area contributed by atoms with Gasteiger partial charge >= 0.3 is 0 Å². The van der Waals surface area contributed by atoms with Crippen LogP contribution in [0.2, 0.25) is 10.0 Å². The van der Waals surface area contributed by atoms with Crippen molar-refractivity contribution in [1.82, 2.24) is 4.90 Å². The molecular formula is C30H29Cl2N3O3. The molecule has 1 unspecified atom stereocenters. The summed E-state index contributed by atoms with van der Waals surface area (Å²) in [6.07, 6.45) is 1.16. The van der Waals surface area contributed by atoms with E-state index in [1.807, 2.05) is 48.5 Å². The smallest absolute Gasteiger partial charge is 0.159 e. The second-order valence-electron chi connectivity index (χ2n) is 9.22. The molecule has 1 aliphatic rings. The number of anilines is 1. The van der Waals surface area contributed by atoms with E-state index in [1.165, 1.54) is 0 Å². The first kappa shape index (κ1) is 27.7. The number of benzene rings is 3. The quantitative estimate of drug-likeness (QED) is 0.206. The van der Waals surface area contributed by atoms with Crippen LogP contribution in [0, 0.1) is 11.3 Å². The average Bonchev–Trinajstić information content (AvgIpc) is 2.93. The van der Waals surface area contributed by atoms with Crippen LogP contribution in [-0.4, -0.2) is 61.2 Å². The summed E-state index contributed by atoms with van der Waals surface area (Å²) < 4.78 is 5.80. The molecule has 1 saturated heterocycles. The maximum Gasteiger partial charge on any atom is 0.159 e. The topological polar surface area (TPSA) is 76.8 Å². The van der Waals surface area contributed by atoms with Crippen LogP contribution in [-0.2, 0) is 0 Å². The van der Waals surface area contributed by atoms with E-state index in [1.54, 1.807) is 31.2 Å². The number of Topliss-reactive ketones (excluding diaryl/α,β-unsaturated/α-hetero) is 1. The standard InChI is InChI=1S/C30H29Cl2N3O3/c1-21(36)23-4-7-26(8-5-23)35-14-12-34(13-15-35)19-27(37)20-38-28-9-2-22(3-10-28)16-25(18-33)24-6-11-29(31)30(32)17-24/h2-11,16-17,27,37H,12-15,19-20H2,1H3/b25-16+. The number of hydrogen-bond donors (Lipinski definition) is 1. The lowest BCUT2D eigenvalue weighted by atomic mass is 10.0. The lowest BCUT2D eigenvalue weighted by Crippen LogP contribution is -2.49. The molecule has 4 rings (SSSR count). The van der Waals surface area contributed by atoms with E-state index in [0.717, 1.165) is 43.0 Å². The monoisotopic (exact) mass is 549 g/mol. The highest BCUT2D eigenvalue weighted by Crippen LogP contribution is 2.27. The van der Waals surface area contributed by atoms with Crippen molar-refractivity contribution in [1.29, 1.82) is 5.26 Å². The molecule has 0 saturated carbocycles. The summed E-state index contributed by atoms with van der Waals surface area (Å²) in [5.74, 6) is 0.714. The molecule has 196 valence electrons. The van der Waals surface area contributed by atoms with Crippen LogP contribution in [0.3, 0.4) is 0 Å². The van der Waals surface area contributed by atoms with Gasteiger partial charge in [0.1, 0.15) is 18.5 Å².